The highest BCUT2D eigenvalue weighted by atomic mass is 16.5. The zero-order chi connectivity index (χ0) is 6.24. The molecule has 0 aromatic rings. The van der Waals surface area contributed by atoms with Crippen molar-refractivity contribution in [1.29, 1.82) is 0 Å². The summed E-state index contributed by atoms with van der Waals surface area (Å²) in [7, 11) is 0. The molecule has 0 amide bonds. The monoisotopic (exact) mass is 116 g/mol. The van der Waals surface area contributed by atoms with E-state index in [-0.39, 0.29) is 0 Å². The van der Waals surface area contributed by atoms with E-state index in [1.165, 1.54) is 0 Å². The van der Waals surface area contributed by atoms with Crippen LogP contribution in [0.25, 0.3) is 0 Å². The molecule has 0 aromatic heterocycles. The second-order valence-electron chi connectivity index (χ2n) is 1.45. The molecule has 0 aliphatic carbocycles. The summed E-state index contributed by atoms with van der Waals surface area (Å²) < 4.78 is 0. The highest BCUT2D eigenvalue weighted by Gasteiger charge is 1.78. The molecule has 8 heavy (non-hydrogen) atoms. The quantitative estimate of drug-likeness (QED) is 0.270. The van der Waals surface area contributed by atoms with Crippen molar-refractivity contribution in [1.82, 2.24) is 5.32 Å². The van der Waals surface area contributed by atoms with Crippen molar-refractivity contribution in [2.45, 2.75) is 0 Å². The Balaban J connectivity index is 2.62. The van der Waals surface area contributed by atoms with Gasteiger partial charge < -0.3 is 16.0 Å². The van der Waals surface area contributed by atoms with E-state index in [0.29, 0.717) is 6.54 Å². The smallest absolute Gasteiger partial charge is 0.0879 e. The Hall–Kier alpha value is -0.380. The minimum Gasteiger partial charge on any atom is -0.636 e. The van der Waals surface area contributed by atoms with Gasteiger partial charge in [-0.3, -0.25) is 0 Å². The molecule has 0 unspecified atom stereocenters. The molecule has 0 aliphatic heterocycles. The number of quaternary nitrogens is 1. The maximum Gasteiger partial charge on any atom is 0.0879 e. The third-order valence-corrected chi connectivity index (χ3v) is 0.728. The summed E-state index contributed by atoms with van der Waals surface area (Å²) in [6.07, 6.45) is 1.77. The van der Waals surface area contributed by atoms with Gasteiger partial charge >= 0.3 is 0 Å². The van der Waals surface area contributed by atoms with Crippen molar-refractivity contribution in [2.75, 3.05) is 19.6 Å². The van der Waals surface area contributed by atoms with Gasteiger partial charge in [-0.05, 0) is 0 Å². The van der Waals surface area contributed by atoms with Crippen LogP contribution in [0.1, 0.15) is 0 Å². The Labute approximate surface area is 49.4 Å². The molecular weight excluding hydrogens is 104 g/mol. The van der Waals surface area contributed by atoms with Gasteiger partial charge in [-0.15, -0.1) is 6.58 Å². The van der Waals surface area contributed by atoms with Gasteiger partial charge in [0.25, 0.3) is 0 Å². The second kappa shape index (κ2) is 6.62. The molecule has 0 radical (unpaired) electrons. The number of nitrogens with two attached hydrogens (primary N) is 1. The van der Waals surface area contributed by atoms with Crippen molar-refractivity contribution < 1.29 is 5.48 Å². The fraction of sp³-hybridized carbons (Fsp3) is 0.600. The molecule has 0 saturated carbocycles. The maximum absolute atomic E-state index is 9.70. The van der Waals surface area contributed by atoms with E-state index in [4.69, 9.17) is 0 Å². The lowest BCUT2D eigenvalue weighted by atomic mass is 10.6. The summed E-state index contributed by atoms with van der Waals surface area (Å²) in [4.78, 5) is 0. The topological polar surface area (TPSA) is 51.7 Å². The van der Waals surface area contributed by atoms with Crippen LogP contribution in [0.2, 0.25) is 0 Å². The van der Waals surface area contributed by atoms with E-state index >= 15 is 0 Å². The molecule has 0 saturated heterocycles. The number of hydrogen-bond donors (Lipinski definition) is 2. The predicted octanol–water partition coefficient (Wildman–Crippen LogP) is -1.18. The molecule has 0 bridgehead atoms. The van der Waals surface area contributed by atoms with Gasteiger partial charge in [0, 0.05) is 13.1 Å². The van der Waals surface area contributed by atoms with Crippen LogP contribution >= 0.6 is 0 Å². The van der Waals surface area contributed by atoms with Gasteiger partial charge in [-0.25, -0.2) is 0 Å². The Morgan fingerprint density at radius 1 is 1.75 bits per heavy atom. The molecule has 0 aliphatic rings. The van der Waals surface area contributed by atoms with Crippen molar-refractivity contribution in [3.05, 3.63) is 17.9 Å². The molecule has 3 N–H and O–H groups in total. The highest BCUT2D eigenvalue weighted by Crippen LogP contribution is 1.55. The van der Waals surface area contributed by atoms with Crippen LogP contribution in [0.3, 0.4) is 0 Å². The van der Waals surface area contributed by atoms with Crippen LogP contribution in [0.4, 0.5) is 0 Å². The Bertz CT molecular complexity index is 56.4. The second-order valence-corrected chi connectivity index (χ2v) is 1.45. The molecular formula is C5H12N2O. The zero-order valence-corrected chi connectivity index (χ0v) is 4.89. The molecule has 0 heterocycles. The number of nitrogens with one attached hydrogen (secondary N) is 1. The lowest BCUT2D eigenvalue weighted by Gasteiger charge is -2.00. The van der Waals surface area contributed by atoms with E-state index in [1.54, 1.807) is 6.08 Å². The molecule has 0 spiro atoms. The van der Waals surface area contributed by atoms with Crippen LogP contribution in [0, 0.1) is 5.21 Å². The molecule has 0 rings (SSSR count). The molecule has 3 heteroatoms. The SMILES string of the molecule is C=CCNCC[NH2+][O-]. The fourth-order valence-corrected chi connectivity index (χ4v) is 0.365. The van der Waals surface area contributed by atoms with Crippen molar-refractivity contribution in [2.24, 2.45) is 0 Å². The van der Waals surface area contributed by atoms with Gasteiger partial charge in [0.2, 0.25) is 0 Å². The highest BCUT2D eigenvalue weighted by molar-refractivity contribution is 4.68. The Morgan fingerprint density at radius 2 is 2.50 bits per heavy atom. The summed E-state index contributed by atoms with van der Waals surface area (Å²) in [5.74, 6) is 0. The molecule has 0 fully saturated rings. The lowest BCUT2D eigenvalue weighted by Crippen LogP contribution is -2.79. The van der Waals surface area contributed by atoms with E-state index in [9.17, 15) is 5.21 Å². The van der Waals surface area contributed by atoms with Crippen LogP contribution < -0.4 is 10.8 Å². The summed E-state index contributed by atoms with van der Waals surface area (Å²) >= 11 is 0. The first-order chi connectivity index (χ1) is 3.91. The van der Waals surface area contributed by atoms with Gasteiger partial charge in [0.05, 0.1) is 6.54 Å². The zero-order valence-electron chi connectivity index (χ0n) is 4.89. The Kier molecular flexibility index (Phi) is 6.31. The van der Waals surface area contributed by atoms with Crippen LogP contribution in [-0.2, 0) is 0 Å². The number of rotatable bonds is 5. The molecule has 0 atom stereocenters. The first kappa shape index (κ1) is 7.62. The van der Waals surface area contributed by atoms with Crippen LogP contribution in [0.5, 0.6) is 0 Å². The molecule has 3 nitrogen and oxygen atoms in total. The first-order valence-corrected chi connectivity index (χ1v) is 2.67. The third kappa shape index (κ3) is 5.62. The minimum absolute atomic E-state index is 0.591. The maximum atomic E-state index is 9.70. The standard InChI is InChI=1S/C5H12N2O/c1-2-3-6-4-5-7-8/h2,6H,1,3-5,7H2. The van der Waals surface area contributed by atoms with Crippen molar-refractivity contribution in [3.63, 3.8) is 0 Å². The van der Waals surface area contributed by atoms with Gasteiger partial charge in [0.15, 0.2) is 0 Å². The van der Waals surface area contributed by atoms with E-state index in [2.05, 4.69) is 11.9 Å². The lowest BCUT2D eigenvalue weighted by molar-refractivity contribution is -0.586. The average Bonchev–Trinajstić information content (AvgIpc) is 1.81. The summed E-state index contributed by atoms with van der Waals surface area (Å²) in [6, 6.07) is 0. The minimum atomic E-state index is 0.591. The average molecular weight is 116 g/mol. The number of hydroxylamine groups is 1. The van der Waals surface area contributed by atoms with Crippen molar-refractivity contribution in [3.8, 4) is 0 Å². The summed E-state index contributed by atoms with van der Waals surface area (Å²) in [5, 5.41) is 12.7. The summed E-state index contributed by atoms with van der Waals surface area (Å²) in [5.41, 5.74) is 0.899. The van der Waals surface area contributed by atoms with E-state index in [1.807, 2.05) is 0 Å². The predicted molar refractivity (Wildman–Crippen MR) is 33.2 cm³/mol. The molecule has 0 aromatic carbocycles. The first-order valence-electron chi connectivity index (χ1n) is 2.67. The van der Waals surface area contributed by atoms with Crippen LogP contribution in [-0.4, -0.2) is 19.6 Å². The third-order valence-electron chi connectivity index (χ3n) is 0.728. The van der Waals surface area contributed by atoms with Crippen molar-refractivity contribution >= 4 is 0 Å². The molecule has 48 valence electrons. The van der Waals surface area contributed by atoms with E-state index in [0.717, 1.165) is 18.6 Å². The fourth-order valence-electron chi connectivity index (χ4n) is 0.365. The summed E-state index contributed by atoms with van der Waals surface area (Å²) in [6.45, 7) is 5.64. The largest absolute Gasteiger partial charge is 0.636 e. The Morgan fingerprint density at radius 3 is 3.00 bits per heavy atom. The normalized spacial score (nSPS) is 9.12. The van der Waals surface area contributed by atoms with E-state index < -0.39 is 0 Å². The van der Waals surface area contributed by atoms with Gasteiger partial charge in [-0.1, -0.05) is 6.08 Å². The van der Waals surface area contributed by atoms with Crippen LogP contribution in [0.15, 0.2) is 12.7 Å². The van der Waals surface area contributed by atoms with Gasteiger partial charge in [0.1, 0.15) is 0 Å². The number of hydrogen-bond acceptors (Lipinski definition) is 2. The van der Waals surface area contributed by atoms with Gasteiger partial charge in [-0.2, -0.15) is 0 Å².